The van der Waals surface area contributed by atoms with Crippen molar-refractivity contribution in [3.63, 3.8) is 0 Å². The Bertz CT molecular complexity index is 1070. The summed E-state index contributed by atoms with van der Waals surface area (Å²) in [7, 11) is 1.56. The Hall–Kier alpha value is -3.80. The van der Waals surface area contributed by atoms with Crippen LogP contribution in [0.25, 0.3) is 0 Å². The van der Waals surface area contributed by atoms with E-state index in [2.05, 4.69) is 6.92 Å². The molecule has 0 spiro atoms. The number of carbonyl (C=O) groups excluding carboxylic acids is 2. The molecule has 0 N–H and O–H groups in total. The number of unbranched alkanes of at least 4 members (excludes halogenated alkanes) is 6. The number of rotatable bonds is 14. The number of benzene rings is 3. The monoisotopic (exact) mass is 490 g/mol. The molecule has 0 radical (unpaired) electrons. The highest BCUT2D eigenvalue weighted by Crippen LogP contribution is 2.21. The molecule has 36 heavy (non-hydrogen) atoms. The van der Waals surface area contributed by atoms with E-state index >= 15 is 0 Å². The van der Waals surface area contributed by atoms with E-state index in [0.717, 1.165) is 12.2 Å². The first-order valence-electron chi connectivity index (χ1n) is 12.5. The van der Waals surface area contributed by atoms with Gasteiger partial charge in [0.2, 0.25) is 0 Å². The predicted molar refractivity (Wildman–Crippen MR) is 139 cm³/mol. The van der Waals surface area contributed by atoms with Crippen molar-refractivity contribution < 1.29 is 28.5 Å². The lowest BCUT2D eigenvalue weighted by molar-refractivity contribution is 0.0719. The van der Waals surface area contributed by atoms with Crippen LogP contribution >= 0.6 is 0 Å². The summed E-state index contributed by atoms with van der Waals surface area (Å²) >= 11 is 0. The molecule has 0 aliphatic carbocycles. The normalized spacial score (nSPS) is 10.5. The molecule has 0 unspecified atom stereocenters. The molecule has 0 saturated heterocycles. The zero-order chi connectivity index (χ0) is 25.6. The van der Waals surface area contributed by atoms with Gasteiger partial charge in [-0.1, -0.05) is 45.4 Å². The summed E-state index contributed by atoms with van der Waals surface area (Å²) in [6.45, 7) is 2.90. The molecule has 3 rings (SSSR count). The van der Waals surface area contributed by atoms with Crippen LogP contribution in [0.5, 0.6) is 23.0 Å². The first-order valence-corrected chi connectivity index (χ1v) is 12.5. The highest BCUT2D eigenvalue weighted by molar-refractivity contribution is 5.92. The van der Waals surface area contributed by atoms with Gasteiger partial charge in [0.15, 0.2) is 0 Å². The van der Waals surface area contributed by atoms with Crippen molar-refractivity contribution in [2.24, 2.45) is 0 Å². The summed E-state index contributed by atoms with van der Waals surface area (Å²) in [5, 5.41) is 0. The first kappa shape index (κ1) is 26.8. The Morgan fingerprint density at radius 3 is 1.44 bits per heavy atom. The van der Waals surface area contributed by atoms with E-state index in [-0.39, 0.29) is 0 Å². The van der Waals surface area contributed by atoms with E-state index in [1.807, 2.05) is 0 Å². The molecule has 3 aromatic carbocycles. The van der Waals surface area contributed by atoms with Crippen LogP contribution < -0.4 is 18.9 Å². The standard InChI is InChI=1S/C30H34O6/c1-3-4-5-6-7-8-9-22-34-26-16-12-24(13-17-26)30(32)36-28-20-18-27(19-21-28)35-29(31)23-10-14-25(33-2)15-11-23/h10-21H,3-9,22H2,1-2H3. The second kappa shape index (κ2) is 14.6. The average Bonchev–Trinajstić information content (AvgIpc) is 2.91. The molecule has 0 aromatic heterocycles. The Balaban J connectivity index is 1.41. The van der Waals surface area contributed by atoms with Crippen LogP contribution in [0.1, 0.15) is 72.6 Å². The molecule has 0 aliphatic heterocycles. The molecular weight excluding hydrogens is 456 g/mol. The van der Waals surface area contributed by atoms with Gasteiger partial charge in [-0.05, 0) is 79.2 Å². The smallest absolute Gasteiger partial charge is 0.343 e. The van der Waals surface area contributed by atoms with Gasteiger partial charge in [0.05, 0.1) is 24.8 Å². The number of esters is 2. The summed E-state index contributed by atoms with van der Waals surface area (Å²) in [5.41, 5.74) is 0.828. The fourth-order valence-electron chi connectivity index (χ4n) is 3.57. The highest BCUT2D eigenvalue weighted by atomic mass is 16.5. The van der Waals surface area contributed by atoms with Crippen LogP contribution in [0.15, 0.2) is 72.8 Å². The molecule has 0 bridgehead atoms. The number of ether oxygens (including phenoxy) is 4. The number of hydrogen-bond acceptors (Lipinski definition) is 6. The lowest BCUT2D eigenvalue weighted by Crippen LogP contribution is -2.09. The third-order valence-electron chi connectivity index (χ3n) is 5.68. The minimum absolute atomic E-state index is 0.345. The molecule has 0 amide bonds. The minimum Gasteiger partial charge on any atom is -0.497 e. The molecular formula is C30H34O6. The Morgan fingerprint density at radius 1 is 0.556 bits per heavy atom. The largest absolute Gasteiger partial charge is 0.497 e. The van der Waals surface area contributed by atoms with E-state index in [0.29, 0.717) is 35.0 Å². The molecule has 0 fully saturated rings. The van der Waals surface area contributed by atoms with Crippen molar-refractivity contribution >= 4 is 11.9 Å². The van der Waals surface area contributed by atoms with E-state index in [1.54, 1.807) is 79.9 Å². The molecule has 190 valence electrons. The van der Waals surface area contributed by atoms with Crippen molar-refractivity contribution in [3.05, 3.63) is 83.9 Å². The summed E-state index contributed by atoms with van der Waals surface area (Å²) in [6.07, 6.45) is 8.65. The SMILES string of the molecule is CCCCCCCCCOc1ccc(C(=O)Oc2ccc(OC(=O)c3ccc(OC)cc3)cc2)cc1. The molecule has 0 aliphatic rings. The van der Waals surface area contributed by atoms with Crippen molar-refractivity contribution in [1.82, 2.24) is 0 Å². The maximum absolute atomic E-state index is 12.5. The molecule has 6 heteroatoms. The lowest BCUT2D eigenvalue weighted by atomic mass is 10.1. The van der Waals surface area contributed by atoms with Crippen molar-refractivity contribution in [1.29, 1.82) is 0 Å². The zero-order valence-corrected chi connectivity index (χ0v) is 21.0. The first-order chi connectivity index (χ1) is 17.6. The van der Waals surface area contributed by atoms with Crippen LogP contribution in [0.2, 0.25) is 0 Å². The third kappa shape index (κ3) is 8.77. The summed E-state index contributed by atoms with van der Waals surface area (Å²) in [5.74, 6) is 1.12. The number of hydrogen-bond donors (Lipinski definition) is 0. The van der Waals surface area contributed by atoms with Crippen molar-refractivity contribution in [3.8, 4) is 23.0 Å². The average molecular weight is 491 g/mol. The molecule has 3 aromatic rings. The number of methoxy groups -OCH3 is 1. The van der Waals surface area contributed by atoms with Crippen LogP contribution in [-0.4, -0.2) is 25.7 Å². The van der Waals surface area contributed by atoms with Crippen LogP contribution in [0.3, 0.4) is 0 Å². The Kier molecular flexibility index (Phi) is 10.8. The molecule has 0 atom stereocenters. The third-order valence-corrected chi connectivity index (χ3v) is 5.68. The maximum atomic E-state index is 12.5. The van der Waals surface area contributed by atoms with Gasteiger partial charge in [-0.25, -0.2) is 9.59 Å². The Morgan fingerprint density at radius 2 is 0.972 bits per heavy atom. The second-order valence-corrected chi connectivity index (χ2v) is 8.47. The number of carbonyl (C=O) groups is 2. The van der Waals surface area contributed by atoms with E-state index in [9.17, 15) is 9.59 Å². The zero-order valence-electron chi connectivity index (χ0n) is 21.0. The van der Waals surface area contributed by atoms with E-state index in [1.165, 1.54) is 38.5 Å². The van der Waals surface area contributed by atoms with Crippen molar-refractivity contribution in [2.75, 3.05) is 13.7 Å². The molecule has 6 nitrogen and oxygen atoms in total. The fourth-order valence-corrected chi connectivity index (χ4v) is 3.57. The van der Waals surface area contributed by atoms with Gasteiger partial charge in [-0.3, -0.25) is 0 Å². The van der Waals surface area contributed by atoms with Gasteiger partial charge >= 0.3 is 11.9 Å². The van der Waals surface area contributed by atoms with Gasteiger partial charge < -0.3 is 18.9 Å². The van der Waals surface area contributed by atoms with Gasteiger partial charge in [-0.2, -0.15) is 0 Å². The van der Waals surface area contributed by atoms with Gasteiger partial charge in [0.25, 0.3) is 0 Å². The quantitative estimate of drug-likeness (QED) is 0.134. The summed E-state index contributed by atoms with van der Waals surface area (Å²) in [4.78, 5) is 24.8. The van der Waals surface area contributed by atoms with Gasteiger partial charge in [-0.15, -0.1) is 0 Å². The molecule has 0 saturated carbocycles. The van der Waals surface area contributed by atoms with Crippen LogP contribution in [0, 0.1) is 0 Å². The summed E-state index contributed by atoms with van der Waals surface area (Å²) in [6, 6.07) is 19.9. The Labute approximate surface area is 213 Å². The van der Waals surface area contributed by atoms with E-state index in [4.69, 9.17) is 18.9 Å². The molecule has 0 heterocycles. The van der Waals surface area contributed by atoms with Gasteiger partial charge in [0.1, 0.15) is 23.0 Å². The van der Waals surface area contributed by atoms with Crippen LogP contribution in [0.4, 0.5) is 0 Å². The fraction of sp³-hybridized carbons (Fsp3) is 0.333. The van der Waals surface area contributed by atoms with Crippen LogP contribution in [-0.2, 0) is 0 Å². The van der Waals surface area contributed by atoms with Gasteiger partial charge in [0, 0.05) is 0 Å². The minimum atomic E-state index is -0.489. The topological polar surface area (TPSA) is 71.1 Å². The lowest BCUT2D eigenvalue weighted by Gasteiger charge is -2.09. The maximum Gasteiger partial charge on any atom is 0.343 e. The highest BCUT2D eigenvalue weighted by Gasteiger charge is 2.11. The van der Waals surface area contributed by atoms with Crippen molar-refractivity contribution in [2.45, 2.75) is 51.9 Å². The van der Waals surface area contributed by atoms with E-state index < -0.39 is 11.9 Å². The summed E-state index contributed by atoms with van der Waals surface area (Å²) < 4.78 is 21.7. The predicted octanol–water partition coefficient (Wildman–Crippen LogP) is 7.26. The second-order valence-electron chi connectivity index (χ2n) is 8.47.